The van der Waals surface area contributed by atoms with Crippen LogP contribution in [-0.4, -0.2) is 0 Å². The van der Waals surface area contributed by atoms with E-state index in [9.17, 15) is 0 Å². The Bertz CT molecular complexity index is 236. The molecule has 2 aliphatic rings. The Labute approximate surface area is 88.1 Å². The second-order valence-electron chi connectivity index (χ2n) is 5.09. The predicted octanol–water partition coefficient (Wildman–Crippen LogP) is 4.19. The zero-order chi connectivity index (χ0) is 9.97. The van der Waals surface area contributed by atoms with Gasteiger partial charge in [0.15, 0.2) is 0 Å². The van der Waals surface area contributed by atoms with Crippen LogP contribution in [0.1, 0.15) is 39.5 Å². The SMILES string of the molecule is CCCC(C)/C=C/C1CC2C=CC1C2. The molecule has 0 N–H and O–H groups in total. The highest BCUT2D eigenvalue weighted by molar-refractivity contribution is 5.14. The van der Waals surface area contributed by atoms with E-state index in [2.05, 4.69) is 38.2 Å². The van der Waals surface area contributed by atoms with Gasteiger partial charge in [-0.2, -0.15) is 0 Å². The molecule has 0 heteroatoms. The van der Waals surface area contributed by atoms with Crippen LogP contribution in [0.3, 0.4) is 0 Å². The van der Waals surface area contributed by atoms with Crippen LogP contribution in [0.15, 0.2) is 24.3 Å². The second kappa shape index (κ2) is 4.33. The smallest absolute Gasteiger partial charge is 0.0165 e. The highest BCUT2D eigenvalue weighted by Crippen LogP contribution is 2.44. The molecule has 0 aromatic carbocycles. The van der Waals surface area contributed by atoms with Gasteiger partial charge in [-0.3, -0.25) is 0 Å². The first-order chi connectivity index (χ1) is 6.79. The summed E-state index contributed by atoms with van der Waals surface area (Å²) >= 11 is 0. The Morgan fingerprint density at radius 2 is 2.21 bits per heavy atom. The number of allylic oxidation sites excluding steroid dienone is 4. The Balaban J connectivity index is 1.83. The summed E-state index contributed by atoms with van der Waals surface area (Å²) in [5, 5.41) is 0. The van der Waals surface area contributed by atoms with Crippen molar-refractivity contribution < 1.29 is 0 Å². The molecule has 4 atom stereocenters. The molecule has 0 saturated heterocycles. The van der Waals surface area contributed by atoms with E-state index >= 15 is 0 Å². The van der Waals surface area contributed by atoms with E-state index in [1.54, 1.807) is 0 Å². The lowest BCUT2D eigenvalue weighted by molar-refractivity contribution is 0.540. The summed E-state index contributed by atoms with van der Waals surface area (Å²) in [5.74, 6) is 3.44. The molecular formula is C14H22. The van der Waals surface area contributed by atoms with Crippen molar-refractivity contribution in [3.05, 3.63) is 24.3 Å². The normalized spacial score (nSPS) is 37.1. The van der Waals surface area contributed by atoms with E-state index in [1.165, 1.54) is 25.7 Å². The van der Waals surface area contributed by atoms with E-state index in [1.807, 2.05) is 0 Å². The third-order valence-electron chi connectivity index (χ3n) is 3.76. The largest absolute Gasteiger partial charge is 0.0854 e. The Kier molecular flexibility index (Phi) is 3.10. The van der Waals surface area contributed by atoms with Crippen molar-refractivity contribution >= 4 is 0 Å². The number of hydrogen-bond donors (Lipinski definition) is 0. The molecule has 2 rings (SSSR count). The van der Waals surface area contributed by atoms with E-state index in [0.29, 0.717) is 0 Å². The summed E-state index contributed by atoms with van der Waals surface area (Å²) in [6, 6.07) is 0. The van der Waals surface area contributed by atoms with E-state index in [4.69, 9.17) is 0 Å². The molecule has 0 aromatic rings. The molecule has 0 heterocycles. The Hall–Kier alpha value is -0.520. The second-order valence-corrected chi connectivity index (χ2v) is 5.09. The molecule has 0 spiro atoms. The van der Waals surface area contributed by atoms with Gasteiger partial charge in [0.2, 0.25) is 0 Å². The minimum absolute atomic E-state index is 0.781. The molecule has 4 unspecified atom stereocenters. The third-order valence-corrected chi connectivity index (χ3v) is 3.76. The Morgan fingerprint density at radius 1 is 1.36 bits per heavy atom. The van der Waals surface area contributed by atoms with Crippen LogP contribution in [0.2, 0.25) is 0 Å². The third kappa shape index (κ3) is 2.10. The van der Waals surface area contributed by atoms with E-state index in [-0.39, 0.29) is 0 Å². The van der Waals surface area contributed by atoms with Gasteiger partial charge in [-0.1, -0.05) is 44.6 Å². The molecule has 1 fully saturated rings. The average Bonchev–Trinajstić information content (AvgIpc) is 2.76. The van der Waals surface area contributed by atoms with E-state index < -0.39 is 0 Å². The van der Waals surface area contributed by atoms with Crippen molar-refractivity contribution in [1.82, 2.24) is 0 Å². The van der Waals surface area contributed by atoms with Gasteiger partial charge in [0, 0.05) is 0 Å². The molecule has 0 nitrogen and oxygen atoms in total. The number of fused-ring (bicyclic) bond motifs is 2. The first kappa shape index (κ1) is 10.0. The fourth-order valence-corrected chi connectivity index (χ4v) is 2.93. The molecular weight excluding hydrogens is 168 g/mol. The van der Waals surface area contributed by atoms with Crippen LogP contribution < -0.4 is 0 Å². The zero-order valence-electron chi connectivity index (χ0n) is 9.45. The first-order valence-corrected chi connectivity index (χ1v) is 6.16. The molecule has 2 bridgehead atoms. The summed E-state index contributed by atoms with van der Waals surface area (Å²) in [6.45, 7) is 4.60. The van der Waals surface area contributed by atoms with Gasteiger partial charge in [0.25, 0.3) is 0 Å². The van der Waals surface area contributed by atoms with Gasteiger partial charge >= 0.3 is 0 Å². The average molecular weight is 190 g/mol. The Morgan fingerprint density at radius 3 is 2.79 bits per heavy atom. The van der Waals surface area contributed by atoms with Crippen molar-refractivity contribution in [2.45, 2.75) is 39.5 Å². The standard InChI is InChI=1S/C14H22/c1-3-4-11(2)5-7-13-9-12-6-8-14(13)10-12/h5-8,11-14H,3-4,9-10H2,1-2H3/b7-5+. The van der Waals surface area contributed by atoms with Crippen molar-refractivity contribution in [2.75, 3.05) is 0 Å². The van der Waals surface area contributed by atoms with Crippen LogP contribution >= 0.6 is 0 Å². The zero-order valence-corrected chi connectivity index (χ0v) is 9.45. The number of hydrogen-bond acceptors (Lipinski definition) is 0. The van der Waals surface area contributed by atoms with Gasteiger partial charge in [-0.15, -0.1) is 0 Å². The quantitative estimate of drug-likeness (QED) is 0.583. The summed E-state index contributed by atoms with van der Waals surface area (Å²) in [7, 11) is 0. The summed E-state index contributed by atoms with van der Waals surface area (Å²) in [6.07, 6.45) is 15.3. The van der Waals surface area contributed by atoms with Gasteiger partial charge in [0.1, 0.15) is 0 Å². The molecule has 0 radical (unpaired) electrons. The maximum Gasteiger partial charge on any atom is -0.0165 e. The maximum atomic E-state index is 2.49. The van der Waals surface area contributed by atoms with Gasteiger partial charge in [0.05, 0.1) is 0 Å². The summed E-state index contributed by atoms with van der Waals surface area (Å²) in [4.78, 5) is 0. The van der Waals surface area contributed by atoms with Crippen LogP contribution in [0.5, 0.6) is 0 Å². The lowest BCUT2D eigenvalue weighted by Gasteiger charge is -2.14. The van der Waals surface area contributed by atoms with Crippen LogP contribution in [0.25, 0.3) is 0 Å². The fourth-order valence-electron chi connectivity index (χ4n) is 2.93. The van der Waals surface area contributed by atoms with Crippen LogP contribution in [0, 0.1) is 23.7 Å². The minimum Gasteiger partial charge on any atom is -0.0854 e. The molecule has 2 aliphatic carbocycles. The maximum absolute atomic E-state index is 2.49. The predicted molar refractivity (Wildman–Crippen MR) is 62.1 cm³/mol. The van der Waals surface area contributed by atoms with Crippen LogP contribution in [-0.2, 0) is 0 Å². The lowest BCUT2D eigenvalue weighted by Crippen LogP contribution is -2.03. The molecule has 0 amide bonds. The highest BCUT2D eigenvalue weighted by Gasteiger charge is 2.33. The molecule has 0 aromatic heterocycles. The van der Waals surface area contributed by atoms with Gasteiger partial charge < -0.3 is 0 Å². The van der Waals surface area contributed by atoms with Crippen molar-refractivity contribution in [3.8, 4) is 0 Å². The highest BCUT2D eigenvalue weighted by atomic mass is 14.4. The van der Waals surface area contributed by atoms with Gasteiger partial charge in [-0.05, 0) is 42.9 Å². The monoisotopic (exact) mass is 190 g/mol. The van der Waals surface area contributed by atoms with Crippen molar-refractivity contribution in [1.29, 1.82) is 0 Å². The van der Waals surface area contributed by atoms with Crippen molar-refractivity contribution in [3.63, 3.8) is 0 Å². The minimum atomic E-state index is 0.781. The van der Waals surface area contributed by atoms with Crippen LogP contribution in [0.4, 0.5) is 0 Å². The molecule has 0 aliphatic heterocycles. The molecule has 1 saturated carbocycles. The fraction of sp³-hybridized carbons (Fsp3) is 0.714. The lowest BCUT2D eigenvalue weighted by atomic mass is 9.91. The first-order valence-electron chi connectivity index (χ1n) is 6.16. The van der Waals surface area contributed by atoms with Gasteiger partial charge in [-0.25, -0.2) is 0 Å². The topological polar surface area (TPSA) is 0 Å². The van der Waals surface area contributed by atoms with E-state index in [0.717, 1.165) is 23.7 Å². The number of rotatable bonds is 4. The van der Waals surface area contributed by atoms with Crippen molar-refractivity contribution in [2.24, 2.45) is 23.7 Å². The molecule has 14 heavy (non-hydrogen) atoms. The summed E-state index contributed by atoms with van der Waals surface area (Å²) < 4.78 is 0. The molecule has 78 valence electrons. The summed E-state index contributed by atoms with van der Waals surface area (Å²) in [5.41, 5.74) is 0.